The molecule has 1 aromatic heterocycles. The largest absolute Gasteiger partial charge is 0.484 e. The number of carboxylic acid groups (broad SMARTS) is 2. The van der Waals surface area contributed by atoms with Gasteiger partial charge in [0.05, 0.1) is 0 Å². The number of pyridine rings is 1. The Labute approximate surface area is 190 Å². The SMILES string of the molecule is O=C(COc1ccc2ccccc2c1)N1CCN(Cc2cccnc2)CC1.O=C(O)C(=O)O. The first kappa shape index (κ1) is 23.7. The Morgan fingerprint density at radius 3 is 2.21 bits per heavy atom. The number of fused-ring (bicyclic) bond motifs is 1. The lowest BCUT2D eigenvalue weighted by Crippen LogP contribution is -2.49. The van der Waals surface area contributed by atoms with Gasteiger partial charge in [0.15, 0.2) is 6.61 Å². The highest BCUT2D eigenvalue weighted by molar-refractivity contribution is 6.27. The van der Waals surface area contributed by atoms with Crippen LogP contribution in [-0.2, 0) is 20.9 Å². The molecule has 1 saturated heterocycles. The summed E-state index contributed by atoms with van der Waals surface area (Å²) in [6.07, 6.45) is 3.69. The van der Waals surface area contributed by atoms with Gasteiger partial charge in [-0.15, -0.1) is 0 Å². The van der Waals surface area contributed by atoms with Crippen molar-refractivity contribution in [1.82, 2.24) is 14.8 Å². The number of benzene rings is 2. The van der Waals surface area contributed by atoms with Crippen LogP contribution in [0, 0.1) is 0 Å². The topological polar surface area (TPSA) is 120 Å². The third-order valence-electron chi connectivity index (χ3n) is 5.12. The molecule has 0 saturated carbocycles. The fourth-order valence-electron chi connectivity index (χ4n) is 3.40. The Hall–Kier alpha value is -3.98. The first-order valence-electron chi connectivity index (χ1n) is 10.4. The van der Waals surface area contributed by atoms with E-state index in [9.17, 15) is 4.79 Å². The maximum Gasteiger partial charge on any atom is 0.414 e. The number of aromatic nitrogens is 1. The molecule has 1 fully saturated rings. The molecule has 1 aliphatic rings. The van der Waals surface area contributed by atoms with Gasteiger partial charge in [-0.25, -0.2) is 9.59 Å². The van der Waals surface area contributed by atoms with E-state index in [1.54, 1.807) is 6.20 Å². The van der Waals surface area contributed by atoms with E-state index in [-0.39, 0.29) is 12.5 Å². The molecule has 172 valence electrons. The molecule has 0 bridgehead atoms. The third kappa shape index (κ3) is 7.29. The average Bonchev–Trinajstić information content (AvgIpc) is 2.84. The first-order valence-corrected chi connectivity index (χ1v) is 10.4. The second kappa shape index (κ2) is 11.6. The Kier molecular flexibility index (Phi) is 8.31. The number of carboxylic acids is 2. The zero-order valence-electron chi connectivity index (χ0n) is 18.0. The molecule has 33 heavy (non-hydrogen) atoms. The van der Waals surface area contributed by atoms with Crippen LogP contribution in [0.5, 0.6) is 5.75 Å². The Balaban J connectivity index is 0.000000454. The van der Waals surface area contributed by atoms with Crippen molar-refractivity contribution in [3.63, 3.8) is 0 Å². The maximum atomic E-state index is 12.5. The van der Waals surface area contributed by atoms with Crippen LogP contribution in [0.2, 0.25) is 0 Å². The fraction of sp³-hybridized carbons (Fsp3) is 0.250. The van der Waals surface area contributed by atoms with Crippen LogP contribution in [0.3, 0.4) is 0 Å². The lowest BCUT2D eigenvalue weighted by atomic mass is 10.1. The van der Waals surface area contributed by atoms with Gasteiger partial charge in [-0.2, -0.15) is 0 Å². The summed E-state index contributed by atoms with van der Waals surface area (Å²) in [5.74, 6) is -2.87. The van der Waals surface area contributed by atoms with E-state index in [1.807, 2.05) is 53.6 Å². The highest BCUT2D eigenvalue weighted by atomic mass is 16.5. The Morgan fingerprint density at radius 2 is 1.58 bits per heavy atom. The molecule has 2 aromatic carbocycles. The second-order valence-corrected chi connectivity index (χ2v) is 7.43. The summed E-state index contributed by atoms with van der Waals surface area (Å²) < 4.78 is 5.74. The molecule has 0 unspecified atom stereocenters. The van der Waals surface area contributed by atoms with Crippen LogP contribution >= 0.6 is 0 Å². The molecule has 0 radical (unpaired) electrons. The molecule has 2 N–H and O–H groups in total. The summed E-state index contributed by atoms with van der Waals surface area (Å²) in [4.78, 5) is 39.1. The zero-order valence-corrected chi connectivity index (χ0v) is 18.0. The highest BCUT2D eigenvalue weighted by Crippen LogP contribution is 2.20. The van der Waals surface area contributed by atoms with Crippen LogP contribution < -0.4 is 4.74 Å². The predicted octanol–water partition coefficient (Wildman–Crippen LogP) is 2.11. The minimum Gasteiger partial charge on any atom is -0.484 e. The van der Waals surface area contributed by atoms with E-state index in [1.165, 1.54) is 10.9 Å². The molecule has 4 rings (SSSR count). The van der Waals surface area contributed by atoms with Gasteiger partial charge >= 0.3 is 11.9 Å². The molecule has 1 amide bonds. The van der Waals surface area contributed by atoms with Gasteiger partial charge in [-0.05, 0) is 34.5 Å². The van der Waals surface area contributed by atoms with Gasteiger partial charge in [0.1, 0.15) is 5.75 Å². The maximum absolute atomic E-state index is 12.5. The van der Waals surface area contributed by atoms with Crippen molar-refractivity contribution in [1.29, 1.82) is 0 Å². The van der Waals surface area contributed by atoms with Gasteiger partial charge in [-0.3, -0.25) is 14.7 Å². The van der Waals surface area contributed by atoms with Gasteiger partial charge in [0, 0.05) is 45.1 Å². The predicted molar refractivity (Wildman–Crippen MR) is 121 cm³/mol. The number of piperazine rings is 1. The molecule has 0 aliphatic carbocycles. The van der Waals surface area contributed by atoms with E-state index in [0.717, 1.165) is 43.9 Å². The summed E-state index contributed by atoms with van der Waals surface area (Å²) in [7, 11) is 0. The highest BCUT2D eigenvalue weighted by Gasteiger charge is 2.21. The number of aliphatic carboxylic acids is 2. The van der Waals surface area contributed by atoms with Crippen molar-refractivity contribution < 1.29 is 29.3 Å². The minimum absolute atomic E-state index is 0.0455. The summed E-state index contributed by atoms with van der Waals surface area (Å²) in [5, 5.41) is 17.1. The van der Waals surface area contributed by atoms with Gasteiger partial charge < -0.3 is 19.8 Å². The molecule has 0 spiro atoms. The Bertz CT molecular complexity index is 1090. The molecule has 3 aromatic rings. The third-order valence-corrected chi connectivity index (χ3v) is 5.12. The number of hydrogen-bond donors (Lipinski definition) is 2. The monoisotopic (exact) mass is 451 g/mol. The number of hydrogen-bond acceptors (Lipinski definition) is 6. The van der Waals surface area contributed by atoms with Crippen molar-refractivity contribution in [3.05, 3.63) is 72.6 Å². The van der Waals surface area contributed by atoms with E-state index < -0.39 is 11.9 Å². The smallest absolute Gasteiger partial charge is 0.414 e. The summed E-state index contributed by atoms with van der Waals surface area (Å²) >= 11 is 0. The van der Waals surface area contributed by atoms with Crippen LogP contribution in [0.1, 0.15) is 5.56 Å². The first-order chi connectivity index (χ1) is 15.9. The van der Waals surface area contributed by atoms with Crippen molar-refractivity contribution in [2.45, 2.75) is 6.54 Å². The Morgan fingerprint density at radius 1 is 0.879 bits per heavy atom. The van der Waals surface area contributed by atoms with Crippen molar-refractivity contribution in [2.24, 2.45) is 0 Å². The van der Waals surface area contributed by atoms with Crippen molar-refractivity contribution in [3.8, 4) is 5.75 Å². The number of ether oxygens (including phenoxy) is 1. The van der Waals surface area contributed by atoms with Gasteiger partial charge in [-0.1, -0.05) is 36.4 Å². The molecular weight excluding hydrogens is 426 g/mol. The summed E-state index contributed by atoms with van der Waals surface area (Å²) in [6.45, 7) is 4.18. The van der Waals surface area contributed by atoms with E-state index in [0.29, 0.717) is 0 Å². The zero-order chi connectivity index (χ0) is 23.6. The standard InChI is InChI=1S/C22H23N3O2.C2H2O4/c26-22(17-27-21-8-7-19-5-1-2-6-20(19)14-21)25-12-10-24(11-13-25)16-18-4-3-9-23-15-18;3-1(4)2(5)6/h1-9,14-15H,10-13,16-17H2;(H,3,4)(H,5,6). The molecule has 1 aliphatic heterocycles. The van der Waals surface area contributed by atoms with E-state index in [4.69, 9.17) is 24.5 Å². The summed E-state index contributed by atoms with van der Waals surface area (Å²) in [5.41, 5.74) is 1.21. The average molecular weight is 451 g/mol. The molecule has 2 heterocycles. The van der Waals surface area contributed by atoms with Gasteiger partial charge in [0.25, 0.3) is 5.91 Å². The quantitative estimate of drug-likeness (QED) is 0.566. The molecule has 9 heteroatoms. The number of nitrogens with zero attached hydrogens (tertiary/aromatic N) is 3. The van der Waals surface area contributed by atoms with Crippen LogP contribution in [-0.4, -0.2) is 75.6 Å². The van der Waals surface area contributed by atoms with E-state index in [2.05, 4.69) is 22.0 Å². The normalized spacial score (nSPS) is 13.6. The molecule has 9 nitrogen and oxygen atoms in total. The van der Waals surface area contributed by atoms with Crippen LogP contribution in [0.4, 0.5) is 0 Å². The van der Waals surface area contributed by atoms with Crippen molar-refractivity contribution >= 4 is 28.6 Å². The molecular formula is C24H25N3O6. The van der Waals surface area contributed by atoms with Crippen LogP contribution in [0.25, 0.3) is 10.8 Å². The lowest BCUT2D eigenvalue weighted by molar-refractivity contribution is -0.159. The van der Waals surface area contributed by atoms with Crippen LogP contribution in [0.15, 0.2) is 67.0 Å². The fourth-order valence-corrected chi connectivity index (χ4v) is 3.40. The number of rotatable bonds is 5. The minimum atomic E-state index is -1.82. The number of amides is 1. The lowest BCUT2D eigenvalue weighted by Gasteiger charge is -2.34. The van der Waals surface area contributed by atoms with Gasteiger partial charge in [0.2, 0.25) is 0 Å². The molecule has 0 atom stereocenters. The number of carbonyl (C=O) groups excluding carboxylic acids is 1. The summed E-state index contributed by atoms with van der Waals surface area (Å²) in [6, 6.07) is 18.1. The van der Waals surface area contributed by atoms with E-state index >= 15 is 0 Å². The van der Waals surface area contributed by atoms with Crippen molar-refractivity contribution in [2.75, 3.05) is 32.8 Å². The second-order valence-electron chi connectivity index (χ2n) is 7.43. The number of carbonyl (C=O) groups is 3.